The van der Waals surface area contributed by atoms with Crippen molar-refractivity contribution < 1.29 is 14.7 Å². The van der Waals surface area contributed by atoms with Crippen molar-refractivity contribution in [2.24, 2.45) is 0 Å². The molecule has 0 amide bonds. The van der Waals surface area contributed by atoms with E-state index in [9.17, 15) is 9.59 Å². The van der Waals surface area contributed by atoms with E-state index in [2.05, 4.69) is 0 Å². The van der Waals surface area contributed by atoms with Crippen molar-refractivity contribution in [3.8, 4) is 0 Å². The van der Waals surface area contributed by atoms with E-state index >= 15 is 0 Å². The van der Waals surface area contributed by atoms with Gasteiger partial charge in [0.1, 0.15) is 0 Å². The van der Waals surface area contributed by atoms with Crippen LogP contribution in [0.15, 0.2) is 42.0 Å². The maximum atomic E-state index is 11.4. The summed E-state index contributed by atoms with van der Waals surface area (Å²) in [6, 6.07) is 9.22. The van der Waals surface area contributed by atoms with E-state index in [1.807, 2.05) is 30.3 Å². The number of carbonyl (C=O) groups excluding carboxylic acids is 1. The van der Waals surface area contributed by atoms with Gasteiger partial charge in [0.25, 0.3) is 0 Å². The molecule has 0 unspecified atom stereocenters. The zero-order chi connectivity index (χ0) is 11.3. The third-order valence-electron chi connectivity index (χ3n) is 1.94. The molecule has 0 aliphatic heterocycles. The molecule has 3 nitrogen and oxygen atoms in total. The van der Waals surface area contributed by atoms with E-state index in [4.69, 9.17) is 5.11 Å². The zero-order valence-corrected chi connectivity index (χ0v) is 8.43. The molecule has 1 N–H and O–H groups in total. The molecule has 0 atom stereocenters. The topological polar surface area (TPSA) is 54.4 Å². The predicted molar refractivity (Wildman–Crippen MR) is 56.5 cm³/mol. The Hall–Kier alpha value is -1.90. The van der Waals surface area contributed by atoms with Crippen LogP contribution in [0.25, 0.3) is 0 Å². The molecule has 0 aromatic heterocycles. The van der Waals surface area contributed by atoms with Crippen LogP contribution in [0.4, 0.5) is 0 Å². The maximum absolute atomic E-state index is 11.4. The molecular formula is C12H12O3. The second-order valence-corrected chi connectivity index (χ2v) is 3.26. The molecule has 78 valence electrons. The van der Waals surface area contributed by atoms with E-state index in [0.29, 0.717) is 0 Å². The molecule has 1 aromatic rings. The van der Waals surface area contributed by atoms with Crippen LogP contribution in [0.5, 0.6) is 0 Å². The Morgan fingerprint density at radius 2 is 1.87 bits per heavy atom. The van der Waals surface area contributed by atoms with Gasteiger partial charge in [0, 0.05) is 12.0 Å². The maximum Gasteiger partial charge on any atom is 0.331 e. The number of aliphatic carboxylic acids is 1. The highest BCUT2D eigenvalue weighted by atomic mass is 16.4. The van der Waals surface area contributed by atoms with Crippen LogP contribution in [0, 0.1) is 0 Å². The third kappa shape index (κ3) is 3.77. The van der Waals surface area contributed by atoms with E-state index < -0.39 is 5.97 Å². The predicted octanol–water partition coefficient (Wildman–Crippen LogP) is 1.83. The summed E-state index contributed by atoms with van der Waals surface area (Å²) in [5.74, 6) is -1.25. The van der Waals surface area contributed by atoms with Gasteiger partial charge in [-0.05, 0) is 18.6 Å². The van der Waals surface area contributed by atoms with Crippen LogP contribution in [0.3, 0.4) is 0 Å². The summed E-state index contributed by atoms with van der Waals surface area (Å²) in [6.45, 7) is 1.41. The van der Waals surface area contributed by atoms with Crippen molar-refractivity contribution >= 4 is 11.8 Å². The molecule has 0 saturated carbocycles. The standard InChI is InChI=1S/C12H12O3/c1-9(12(14)15)7-11(13)8-10-5-3-2-4-6-10/h2-7H,8H2,1H3,(H,14,15). The van der Waals surface area contributed by atoms with Crippen LogP contribution in [-0.4, -0.2) is 16.9 Å². The Bertz CT molecular complexity index is 391. The van der Waals surface area contributed by atoms with Gasteiger partial charge in [-0.3, -0.25) is 4.79 Å². The highest BCUT2D eigenvalue weighted by molar-refractivity contribution is 5.99. The molecule has 0 saturated heterocycles. The van der Waals surface area contributed by atoms with Gasteiger partial charge in [0.2, 0.25) is 0 Å². The number of rotatable bonds is 4. The smallest absolute Gasteiger partial charge is 0.331 e. The van der Waals surface area contributed by atoms with E-state index in [1.165, 1.54) is 6.92 Å². The summed E-state index contributed by atoms with van der Waals surface area (Å²) in [4.78, 5) is 21.9. The number of carbonyl (C=O) groups is 2. The Balaban J connectivity index is 2.65. The largest absolute Gasteiger partial charge is 0.478 e. The van der Waals surface area contributed by atoms with E-state index in [0.717, 1.165) is 11.6 Å². The summed E-state index contributed by atoms with van der Waals surface area (Å²) < 4.78 is 0. The van der Waals surface area contributed by atoms with Crippen molar-refractivity contribution in [3.05, 3.63) is 47.5 Å². The summed E-state index contributed by atoms with van der Waals surface area (Å²) in [6.07, 6.45) is 1.40. The number of hydrogen-bond donors (Lipinski definition) is 1. The summed E-state index contributed by atoms with van der Waals surface area (Å²) >= 11 is 0. The number of benzene rings is 1. The summed E-state index contributed by atoms with van der Waals surface area (Å²) in [5.41, 5.74) is 0.952. The molecule has 0 aliphatic carbocycles. The van der Waals surface area contributed by atoms with Crippen LogP contribution < -0.4 is 0 Å². The molecule has 0 bridgehead atoms. The number of ketones is 1. The van der Waals surface area contributed by atoms with Crippen LogP contribution in [-0.2, 0) is 16.0 Å². The first-order chi connectivity index (χ1) is 7.09. The summed E-state index contributed by atoms with van der Waals surface area (Å²) in [5, 5.41) is 8.58. The highest BCUT2D eigenvalue weighted by Crippen LogP contribution is 2.02. The minimum absolute atomic E-state index is 0.0657. The van der Waals surface area contributed by atoms with E-state index in [1.54, 1.807) is 0 Å². The lowest BCUT2D eigenvalue weighted by atomic mass is 10.1. The first-order valence-corrected chi connectivity index (χ1v) is 4.58. The van der Waals surface area contributed by atoms with Crippen molar-refractivity contribution in [1.29, 1.82) is 0 Å². The second kappa shape index (κ2) is 5.10. The normalized spacial score (nSPS) is 11.1. The SMILES string of the molecule is CC(=CC(=O)Cc1ccccc1)C(=O)O. The molecule has 0 fully saturated rings. The van der Waals surface area contributed by atoms with Gasteiger partial charge in [-0.2, -0.15) is 0 Å². The molecule has 0 spiro atoms. The third-order valence-corrected chi connectivity index (χ3v) is 1.94. The first-order valence-electron chi connectivity index (χ1n) is 4.58. The quantitative estimate of drug-likeness (QED) is 0.761. The minimum Gasteiger partial charge on any atom is -0.478 e. The molecule has 1 aromatic carbocycles. The van der Waals surface area contributed by atoms with Crippen molar-refractivity contribution in [3.63, 3.8) is 0 Å². The fraction of sp³-hybridized carbons (Fsp3) is 0.167. The lowest BCUT2D eigenvalue weighted by Crippen LogP contribution is -2.03. The average Bonchev–Trinajstić information content (AvgIpc) is 2.18. The Labute approximate surface area is 88.0 Å². The van der Waals surface area contributed by atoms with Gasteiger partial charge >= 0.3 is 5.97 Å². The van der Waals surface area contributed by atoms with Crippen molar-refractivity contribution in [2.45, 2.75) is 13.3 Å². The van der Waals surface area contributed by atoms with Gasteiger partial charge in [0.05, 0.1) is 0 Å². The first kappa shape index (κ1) is 11.2. The Morgan fingerprint density at radius 3 is 2.40 bits per heavy atom. The van der Waals surface area contributed by atoms with Crippen LogP contribution in [0.2, 0.25) is 0 Å². The second-order valence-electron chi connectivity index (χ2n) is 3.26. The molecule has 1 rings (SSSR count). The fourth-order valence-corrected chi connectivity index (χ4v) is 1.15. The summed E-state index contributed by atoms with van der Waals surface area (Å²) in [7, 11) is 0. The molecule has 0 radical (unpaired) electrons. The van der Waals surface area contributed by atoms with Gasteiger partial charge in [-0.15, -0.1) is 0 Å². The Morgan fingerprint density at radius 1 is 1.27 bits per heavy atom. The molecule has 0 heterocycles. The average molecular weight is 204 g/mol. The number of carboxylic acids is 1. The van der Waals surface area contributed by atoms with E-state index in [-0.39, 0.29) is 17.8 Å². The molecule has 0 aliphatic rings. The van der Waals surface area contributed by atoms with Gasteiger partial charge in [0.15, 0.2) is 5.78 Å². The highest BCUT2D eigenvalue weighted by Gasteiger charge is 2.04. The van der Waals surface area contributed by atoms with Gasteiger partial charge in [-0.1, -0.05) is 30.3 Å². The van der Waals surface area contributed by atoms with Crippen molar-refractivity contribution in [1.82, 2.24) is 0 Å². The lowest BCUT2D eigenvalue weighted by molar-refractivity contribution is -0.132. The number of carboxylic acid groups (broad SMARTS) is 1. The molecule has 15 heavy (non-hydrogen) atoms. The van der Waals surface area contributed by atoms with Crippen LogP contribution in [0.1, 0.15) is 12.5 Å². The lowest BCUT2D eigenvalue weighted by Gasteiger charge is -1.97. The number of allylic oxidation sites excluding steroid dienone is 1. The zero-order valence-electron chi connectivity index (χ0n) is 8.43. The monoisotopic (exact) mass is 204 g/mol. The molecular weight excluding hydrogens is 192 g/mol. The minimum atomic E-state index is -1.06. The van der Waals surface area contributed by atoms with Crippen LogP contribution >= 0.6 is 0 Å². The number of hydrogen-bond acceptors (Lipinski definition) is 2. The van der Waals surface area contributed by atoms with Gasteiger partial charge < -0.3 is 5.11 Å². The fourth-order valence-electron chi connectivity index (χ4n) is 1.15. The van der Waals surface area contributed by atoms with Gasteiger partial charge in [-0.25, -0.2) is 4.79 Å². The Kier molecular flexibility index (Phi) is 3.80. The molecule has 3 heteroatoms. The van der Waals surface area contributed by atoms with Crippen molar-refractivity contribution in [2.75, 3.05) is 0 Å².